The number of fused-ring (bicyclic) bond motifs is 3. The first-order valence-electron chi connectivity index (χ1n) is 11.2. The standard InChI is InChI=1S/C25H23FN4O3S2/c1-3-32-20-9-8-16(13-21(20)33-4-2)14-29-23(31)22-19(10-11-34-22)30-24(29)27-28-25(30)35-15-17-6-5-7-18(26)12-17/h5-13H,3-4,14-15H2,1-2H3. The summed E-state index contributed by atoms with van der Waals surface area (Å²) in [5.41, 5.74) is 2.37. The summed E-state index contributed by atoms with van der Waals surface area (Å²) < 4.78 is 29.2. The number of thioether (sulfide) groups is 1. The number of rotatable bonds is 9. The van der Waals surface area contributed by atoms with Crippen LogP contribution in [0, 0.1) is 5.82 Å². The van der Waals surface area contributed by atoms with Crippen LogP contribution in [-0.4, -0.2) is 32.4 Å². The highest BCUT2D eigenvalue weighted by molar-refractivity contribution is 7.98. The lowest BCUT2D eigenvalue weighted by Gasteiger charge is -2.14. The number of aromatic nitrogens is 4. The highest BCUT2D eigenvalue weighted by Crippen LogP contribution is 2.30. The summed E-state index contributed by atoms with van der Waals surface area (Å²) >= 11 is 2.84. The normalized spacial score (nSPS) is 11.4. The van der Waals surface area contributed by atoms with E-state index in [9.17, 15) is 9.18 Å². The van der Waals surface area contributed by atoms with Gasteiger partial charge in [-0.3, -0.25) is 13.8 Å². The molecule has 0 aliphatic carbocycles. The fraction of sp³-hybridized carbons (Fsp3) is 0.240. The summed E-state index contributed by atoms with van der Waals surface area (Å²) in [6, 6.07) is 14.1. The Morgan fingerprint density at radius 2 is 1.83 bits per heavy atom. The van der Waals surface area contributed by atoms with E-state index in [2.05, 4.69) is 10.2 Å². The molecule has 5 aromatic rings. The van der Waals surface area contributed by atoms with Crippen molar-refractivity contribution >= 4 is 39.1 Å². The molecule has 0 amide bonds. The molecule has 0 bridgehead atoms. The zero-order valence-corrected chi connectivity index (χ0v) is 20.9. The Hall–Kier alpha value is -3.37. The van der Waals surface area contributed by atoms with Gasteiger partial charge in [0.15, 0.2) is 16.7 Å². The number of hydrogen-bond acceptors (Lipinski definition) is 7. The van der Waals surface area contributed by atoms with Gasteiger partial charge in [-0.25, -0.2) is 4.39 Å². The van der Waals surface area contributed by atoms with Gasteiger partial charge >= 0.3 is 0 Å². The van der Waals surface area contributed by atoms with Crippen molar-refractivity contribution in [3.05, 3.63) is 81.2 Å². The minimum Gasteiger partial charge on any atom is -0.490 e. The van der Waals surface area contributed by atoms with Gasteiger partial charge in [0.25, 0.3) is 5.56 Å². The van der Waals surface area contributed by atoms with Crippen LogP contribution in [0.1, 0.15) is 25.0 Å². The minimum atomic E-state index is -0.273. The maximum absolute atomic E-state index is 13.6. The second kappa shape index (κ2) is 10.1. The molecule has 3 heterocycles. The maximum Gasteiger partial charge on any atom is 0.273 e. The highest BCUT2D eigenvalue weighted by atomic mass is 32.2. The molecule has 0 saturated carbocycles. The van der Waals surface area contributed by atoms with E-state index < -0.39 is 0 Å². The fourth-order valence-corrected chi connectivity index (χ4v) is 5.59. The molecule has 0 aliphatic heterocycles. The molecule has 0 radical (unpaired) electrons. The summed E-state index contributed by atoms with van der Waals surface area (Å²) in [7, 11) is 0. The van der Waals surface area contributed by atoms with Crippen molar-refractivity contribution in [3.8, 4) is 11.5 Å². The van der Waals surface area contributed by atoms with Crippen LogP contribution in [0.5, 0.6) is 11.5 Å². The molecule has 0 saturated heterocycles. The Kier molecular flexibility index (Phi) is 6.74. The Morgan fingerprint density at radius 3 is 2.63 bits per heavy atom. The van der Waals surface area contributed by atoms with Gasteiger partial charge in [0.1, 0.15) is 10.5 Å². The molecule has 0 unspecified atom stereocenters. The summed E-state index contributed by atoms with van der Waals surface area (Å²) in [6.07, 6.45) is 0. The van der Waals surface area contributed by atoms with E-state index in [-0.39, 0.29) is 11.4 Å². The van der Waals surface area contributed by atoms with E-state index >= 15 is 0 Å². The quantitative estimate of drug-likeness (QED) is 0.248. The third-order valence-corrected chi connectivity index (χ3v) is 7.28. The van der Waals surface area contributed by atoms with Crippen molar-refractivity contribution in [1.29, 1.82) is 0 Å². The number of ether oxygens (including phenoxy) is 2. The molecule has 0 N–H and O–H groups in total. The van der Waals surface area contributed by atoms with E-state index in [0.29, 0.717) is 52.6 Å². The van der Waals surface area contributed by atoms with Gasteiger partial charge in [-0.05, 0) is 60.7 Å². The number of nitrogens with zero attached hydrogens (tertiary/aromatic N) is 4. The van der Waals surface area contributed by atoms with Gasteiger partial charge in [0.05, 0.1) is 25.3 Å². The lowest BCUT2D eigenvalue weighted by molar-refractivity contribution is 0.287. The molecule has 10 heteroatoms. The van der Waals surface area contributed by atoms with Crippen LogP contribution in [0.4, 0.5) is 4.39 Å². The van der Waals surface area contributed by atoms with Crippen molar-refractivity contribution < 1.29 is 13.9 Å². The SMILES string of the molecule is CCOc1ccc(Cn2c(=O)c3sccc3n3c(SCc4cccc(F)c4)nnc23)cc1OCC. The van der Waals surface area contributed by atoms with Gasteiger partial charge < -0.3 is 9.47 Å². The molecular weight excluding hydrogens is 487 g/mol. The lowest BCUT2D eigenvalue weighted by Crippen LogP contribution is -2.23. The van der Waals surface area contributed by atoms with E-state index in [1.165, 1.54) is 35.2 Å². The molecule has 0 spiro atoms. The molecule has 7 nitrogen and oxygen atoms in total. The molecule has 35 heavy (non-hydrogen) atoms. The average Bonchev–Trinajstić information content (AvgIpc) is 3.50. The zero-order valence-electron chi connectivity index (χ0n) is 19.2. The average molecular weight is 511 g/mol. The summed E-state index contributed by atoms with van der Waals surface area (Å²) in [6.45, 7) is 5.18. The van der Waals surface area contributed by atoms with Gasteiger partial charge in [-0.2, -0.15) is 0 Å². The molecule has 0 atom stereocenters. The van der Waals surface area contributed by atoms with Crippen LogP contribution in [0.3, 0.4) is 0 Å². The van der Waals surface area contributed by atoms with E-state index in [0.717, 1.165) is 16.6 Å². The predicted molar refractivity (Wildman–Crippen MR) is 136 cm³/mol. The predicted octanol–water partition coefficient (Wildman–Crippen LogP) is 5.38. The van der Waals surface area contributed by atoms with Gasteiger partial charge in [0.2, 0.25) is 5.78 Å². The third kappa shape index (κ3) is 4.63. The number of benzene rings is 2. The van der Waals surface area contributed by atoms with Gasteiger partial charge in [0, 0.05) is 5.75 Å². The van der Waals surface area contributed by atoms with Crippen molar-refractivity contribution in [1.82, 2.24) is 19.2 Å². The van der Waals surface area contributed by atoms with E-state index in [1.54, 1.807) is 10.6 Å². The van der Waals surface area contributed by atoms with E-state index in [1.807, 2.05) is 54.0 Å². The van der Waals surface area contributed by atoms with Gasteiger partial charge in [-0.1, -0.05) is 30.0 Å². The van der Waals surface area contributed by atoms with Crippen LogP contribution in [-0.2, 0) is 12.3 Å². The van der Waals surface area contributed by atoms with Crippen molar-refractivity contribution in [2.24, 2.45) is 0 Å². The first-order chi connectivity index (χ1) is 17.1. The van der Waals surface area contributed by atoms with Crippen molar-refractivity contribution in [3.63, 3.8) is 0 Å². The van der Waals surface area contributed by atoms with Crippen LogP contribution in [0.25, 0.3) is 16.0 Å². The molecule has 3 aromatic heterocycles. The third-order valence-electron chi connectivity index (χ3n) is 5.39. The molecule has 2 aromatic carbocycles. The Balaban J connectivity index is 1.55. The van der Waals surface area contributed by atoms with Crippen molar-refractivity contribution in [2.45, 2.75) is 31.3 Å². The Morgan fingerprint density at radius 1 is 1.00 bits per heavy atom. The summed E-state index contributed by atoms with van der Waals surface area (Å²) in [5.74, 6) is 2.02. The minimum absolute atomic E-state index is 0.122. The first kappa shape index (κ1) is 23.4. The van der Waals surface area contributed by atoms with Crippen LogP contribution < -0.4 is 15.0 Å². The zero-order chi connectivity index (χ0) is 24.4. The highest BCUT2D eigenvalue weighted by Gasteiger charge is 2.19. The molecule has 180 valence electrons. The summed E-state index contributed by atoms with van der Waals surface area (Å²) in [4.78, 5) is 13.4. The van der Waals surface area contributed by atoms with Crippen LogP contribution in [0.2, 0.25) is 0 Å². The first-order valence-corrected chi connectivity index (χ1v) is 13.1. The number of thiophene rings is 1. The molecule has 0 aliphatic rings. The van der Waals surface area contributed by atoms with Crippen molar-refractivity contribution in [2.75, 3.05) is 13.2 Å². The van der Waals surface area contributed by atoms with Crippen LogP contribution >= 0.6 is 23.1 Å². The van der Waals surface area contributed by atoms with Crippen LogP contribution in [0.15, 0.2) is 63.9 Å². The monoisotopic (exact) mass is 510 g/mol. The Bertz CT molecular complexity index is 1560. The second-order valence-corrected chi connectivity index (χ2v) is 9.57. The molecular formula is C25H23FN4O3S2. The molecule has 5 rings (SSSR count). The largest absolute Gasteiger partial charge is 0.490 e. The maximum atomic E-state index is 13.6. The summed E-state index contributed by atoms with van der Waals surface area (Å²) in [5, 5.41) is 11.3. The van der Waals surface area contributed by atoms with E-state index in [4.69, 9.17) is 9.47 Å². The fourth-order valence-electron chi connectivity index (χ4n) is 3.89. The Labute approximate surface area is 209 Å². The number of hydrogen-bond donors (Lipinski definition) is 0. The van der Waals surface area contributed by atoms with Gasteiger partial charge in [-0.15, -0.1) is 21.5 Å². The topological polar surface area (TPSA) is 70.7 Å². The number of halogens is 1. The lowest BCUT2D eigenvalue weighted by atomic mass is 10.2. The second-order valence-electron chi connectivity index (χ2n) is 7.71. The molecule has 0 fully saturated rings. The smallest absolute Gasteiger partial charge is 0.273 e.